The smallest absolute Gasteiger partial charge is 0.351 e. The van der Waals surface area contributed by atoms with Crippen LogP contribution in [-0.2, 0) is 6.54 Å². The van der Waals surface area contributed by atoms with Gasteiger partial charge in [0.25, 0.3) is 0 Å². The van der Waals surface area contributed by atoms with E-state index in [9.17, 15) is 4.79 Å². The predicted molar refractivity (Wildman–Crippen MR) is 98.1 cm³/mol. The molecule has 0 atom stereocenters. The second kappa shape index (κ2) is 6.18. The Morgan fingerprint density at radius 1 is 1.12 bits per heavy atom. The van der Waals surface area contributed by atoms with Crippen molar-refractivity contribution in [1.82, 2.24) is 19.2 Å². The number of rotatable bonds is 4. The van der Waals surface area contributed by atoms with Gasteiger partial charge in [-0.2, -0.15) is 0 Å². The molecule has 0 fully saturated rings. The van der Waals surface area contributed by atoms with Crippen molar-refractivity contribution in [2.75, 3.05) is 14.2 Å². The number of aryl methyl sites for hydroxylation is 1. The summed E-state index contributed by atoms with van der Waals surface area (Å²) in [5, 5.41) is 5.52. The molecule has 3 aromatic heterocycles. The number of ether oxygens (including phenoxy) is 2. The van der Waals surface area contributed by atoms with Crippen molar-refractivity contribution in [3.63, 3.8) is 0 Å². The summed E-state index contributed by atoms with van der Waals surface area (Å²) in [4.78, 5) is 17.4. The SMILES string of the molecule is COc1ccnc(Cn2nc3c(C)cc4ccccc4n3c2=O)c1OC. The van der Waals surface area contributed by atoms with E-state index in [1.165, 1.54) is 4.68 Å². The Balaban J connectivity index is 1.92. The van der Waals surface area contributed by atoms with Crippen LogP contribution in [0.5, 0.6) is 11.5 Å². The molecule has 3 heterocycles. The first-order valence-electron chi connectivity index (χ1n) is 8.18. The molecule has 4 aromatic rings. The lowest BCUT2D eigenvalue weighted by atomic mass is 10.1. The van der Waals surface area contributed by atoms with Crippen molar-refractivity contribution < 1.29 is 9.47 Å². The number of para-hydroxylation sites is 1. The van der Waals surface area contributed by atoms with Gasteiger partial charge in [0.1, 0.15) is 5.69 Å². The van der Waals surface area contributed by atoms with Gasteiger partial charge in [-0.3, -0.25) is 4.98 Å². The van der Waals surface area contributed by atoms with E-state index in [0.29, 0.717) is 22.8 Å². The predicted octanol–water partition coefficient (Wildman–Crippen LogP) is 2.42. The zero-order valence-electron chi connectivity index (χ0n) is 14.8. The lowest BCUT2D eigenvalue weighted by Crippen LogP contribution is -2.22. The molecule has 0 saturated heterocycles. The molecule has 0 radical (unpaired) electrons. The number of hydrogen-bond acceptors (Lipinski definition) is 5. The number of methoxy groups -OCH3 is 2. The van der Waals surface area contributed by atoms with Crippen LogP contribution in [0.3, 0.4) is 0 Å². The minimum absolute atomic E-state index is 0.189. The molecule has 0 amide bonds. The summed E-state index contributed by atoms with van der Waals surface area (Å²) in [7, 11) is 3.11. The van der Waals surface area contributed by atoms with Crippen LogP contribution in [0.25, 0.3) is 16.6 Å². The van der Waals surface area contributed by atoms with Crippen molar-refractivity contribution in [3.8, 4) is 11.5 Å². The highest BCUT2D eigenvalue weighted by Gasteiger charge is 2.17. The van der Waals surface area contributed by atoms with E-state index in [0.717, 1.165) is 16.5 Å². The molecular formula is C19H18N4O3. The average Bonchev–Trinajstić information content (AvgIpc) is 2.99. The van der Waals surface area contributed by atoms with Gasteiger partial charge in [-0.05, 0) is 30.0 Å². The number of aromatic nitrogens is 4. The molecule has 0 aliphatic rings. The third-order valence-corrected chi connectivity index (χ3v) is 4.41. The van der Waals surface area contributed by atoms with Gasteiger partial charge < -0.3 is 9.47 Å². The highest BCUT2D eigenvalue weighted by molar-refractivity contribution is 5.83. The third kappa shape index (κ3) is 2.40. The number of benzene rings is 1. The molecular weight excluding hydrogens is 332 g/mol. The van der Waals surface area contributed by atoms with E-state index < -0.39 is 0 Å². The molecule has 0 aliphatic carbocycles. The first kappa shape index (κ1) is 16.1. The van der Waals surface area contributed by atoms with Gasteiger partial charge in [0.2, 0.25) is 0 Å². The number of nitrogens with zero attached hydrogens (tertiary/aromatic N) is 4. The van der Waals surface area contributed by atoms with Crippen molar-refractivity contribution in [2.24, 2.45) is 0 Å². The molecule has 7 nitrogen and oxygen atoms in total. The van der Waals surface area contributed by atoms with Crippen molar-refractivity contribution in [3.05, 3.63) is 64.3 Å². The van der Waals surface area contributed by atoms with E-state index in [1.807, 2.05) is 37.3 Å². The second-order valence-corrected chi connectivity index (χ2v) is 5.98. The first-order valence-corrected chi connectivity index (χ1v) is 8.18. The van der Waals surface area contributed by atoms with Gasteiger partial charge in [-0.1, -0.05) is 18.2 Å². The average molecular weight is 350 g/mol. The number of hydrogen-bond donors (Lipinski definition) is 0. The van der Waals surface area contributed by atoms with Gasteiger partial charge in [0, 0.05) is 12.3 Å². The Morgan fingerprint density at radius 2 is 1.92 bits per heavy atom. The lowest BCUT2D eigenvalue weighted by molar-refractivity contribution is 0.347. The van der Waals surface area contributed by atoms with E-state index in [4.69, 9.17) is 9.47 Å². The van der Waals surface area contributed by atoms with Gasteiger partial charge in [0.15, 0.2) is 17.1 Å². The summed E-state index contributed by atoms with van der Waals surface area (Å²) in [6, 6.07) is 11.5. The Kier molecular flexibility index (Phi) is 3.84. The van der Waals surface area contributed by atoms with Crippen LogP contribution in [0.2, 0.25) is 0 Å². The van der Waals surface area contributed by atoms with E-state index in [-0.39, 0.29) is 12.2 Å². The lowest BCUT2D eigenvalue weighted by Gasteiger charge is -2.10. The van der Waals surface area contributed by atoms with Crippen LogP contribution in [0.15, 0.2) is 47.4 Å². The summed E-state index contributed by atoms with van der Waals surface area (Å²) in [6.45, 7) is 2.14. The van der Waals surface area contributed by atoms with Crippen molar-refractivity contribution >= 4 is 16.6 Å². The fraction of sp³-hybridized carbons (Fsp3) is 0.211. The Morgan fingerprint density at radius 3 is 2.69 bits per heavy atom. The maximum Gasteiger partial charge on any atom is 0.351 e. The minimum atomic E-state index is -0.216. The summed E-state index contributed by atoms with van der Waals surface area (Å²) < 4.78 is 13.8. The largest absolute Gasteiger partial charge is 0.493 e. The number of pyridine rings is 2. The molecule has 4 rings (SSSR count). The quantitative estimate of drug-likeness (QED) is 0.565. The third-order valence-electron chi connectivity index (χ3n) is 4.41. The minimum Gasteiger partial charge on any atom is -0.493 e. The normalized spacial score (nSPS) is 11.2. The summed E-state index contributed by atoms with van der Waals surface area (Å²) >= 11 is 0. The van der Waals surface area contributed by atoms with Crippen LogP contribution in [0, 0.1) is 6.92 Å². The first-order chi connectivity index (χ1) is 12.6. The van der Waals surface area contributed by atoms with Crippen LogP contribution in [-0.4, -0.2) is 33.4 Å². The molecule has 0 saturated carbocycles. The highest BCUT2D eigenvalue weighted by Crippen LogP contribution is 2.29. The molecule has 0 N–H and O–H groups in total. The molecule has 0 unspecified atom stereocenters. The standard InChI is InChI=1S/C19H18N4O3/c1-12-10-13-6-4-5-7-15(13)23-18(12)21-22(19(23)24)11-14-17(26-3)16(25-2)8-9-20-14/h4-10H,11H2,1-3H3. The summed E-state index contributed by atoms with van der Waals surface area (Å²) in [5.74, 6) is 1.07. The van der Waals surface area contributed by atoms with Crippen LogP contribution in [0.1, 0.15) is 11.3 Å². The Hall–Kier alpha value is -3.35. The summed E-state index contributed by atoms with van der Waals surface area (Å²) in [6.07, 6.45) is 1.62. The van der Waals surface area contributed by atoms with E-state index in [2.05, 4.69) is 10.1 Å². The zero-order valence-corrected chi connectivity index (χ0v) is 14.8. The number of fused-ring (bicyclic) bond motifs is 3. The second-order valence-electron chi connectivity index (χ2n) is 5.98. The molecule has 26 heavy (non-hydrogen) atoms. The molecule has 7 heteroatoms. The molecule has 0 aliphatic heterocycles. The maximum absolute atomic E-state index is 13.0. The highest BCUT2D eigenvalue weighted by atomic mass is 16.5. The van der Waals surface area contributed by atoms with Crippen LogP contribution >= 0.6 is 0 Å². The van der Waals surface area contributed by atoms with E-state index >= 15 is 0 Å². The van der Waals surface area contributed by atoms with Gasteiger partial charge in [-0.25, -0.2) is 13.9 Å². The molecule has 0 spiro atoms. The van der Waals surface area contributed by atoms with E-state index in [1.54, 1.807) is 30.9 Å². The molecule has 0 bridgehead atoms. The topological polar surface area (TPSA) is 70.6 Å². The summed E-state index contributed by atoms with van der Waals surface area (Å²) in [5.41, 5.74) is 2.77. The van der Waals surface area contributed by atoms with Gasteiger partial charge in [0.05, 0.1) is 26.3 Å². The fourth-order valence-electron chi connectivity index (χ4n) is 3.20. The van der Waals surface area contributed by atoms with Gasteiger partial charge in [-0.15, -0.1) is 5.10 Å². The molecule has 1 aromatic carbocycles. The van der Waals surface area contributed by atoms with Crippen molar-refractivity contribution in [2.45, 2.75) is 13.5 Å². The van der Waals surface area contributed by atoms with Crippen molar-refractivity contribution in [1.29, 1.82) is 0 Å². The Bertz CT molecular complexity index is 1180. The Labute approximate surface area is 149 Å². The van der Waals surface area contributed by atoms with Gasteiger partial charge >= 0.3 is 5.69 Å². The maximum atomic E-state index is 13.0. The van der Waals surface area contributed by atoms with Crippen LogP contribution < -0.4 is 15.2 Å². The molecule has 132 valence electrons. The monoisotopic (exact) mass is 350 g/mol. The zero-order chi connectivity index (χ0) is 18.3. The fourth-order valence-corrected chi connectivity index (χ4v) is 3.20. The van der Waals surface area contributed by atoms with Crippen LogP contribution in [0.4, 0.5) is 0 Å².